The van der Waals surface area contributed by atoms with Gasteiger partial charge in [-0.25, -0.2) is 9.97 Å². The third-order valence-electron chi connectivity index (χ3n) is 4.03. The Bertz CT molecular complexity index is 812. The third-order valence-corrected chi connectivity index (χ3v) is 5.34. The van der Waals surface area contributed by atoms with Crippen molar-refractivity contribution in [2.75, 3.05) is 13.4 Å². The fourth-order valence-corrected chi connectivity index (χ4v) is 3.73. The van der Waals surface area contributed by atoms with Gasteiger partial charge in [0, 0.05) is 5.92 Å². The van der Waals surface area contributed by atoms with Gasteiger partial charge in [0.2, 0.25) is 0 Å². The van der Waals surface area contributed by atoms with Crippen molar-refractivity contribution in [2.45, 2.75) is 44.7 Å². The number of carbonyl (C=O) groups excluding carboxylic acids is 1. The minimum absolute atomic E-state index is 0.163. The second-order valence-electron chi connectivity index (χ2n) is 6.30. The average Bonchev–Trinajstić information content (AvgIpc) is 2.60. The monoisotopic (exact) mass is 437 g/mol. The summed E-state index contributed by atoms with van der Waals surface area (Å²) in [5.74, 6) is 1.56. The van der Waals surface area contributed by atoms with Crippen LogP contribution < -0.4 is 10.1 Å². The smallest absolute Gasteiger partial charge is 0.256 e. The number of benzene rings is 1. The van der Waals surface area contributed by atoms with Gasteiger partial charge in [-0.3, -0.25) is 4.79 Å². The number of aryl methyl sites for hydroxylation is 1. The number of amides is 1. The molecule has 0 saturated heterocycles. The maximum Gasteiger partial charge on any atom is 0.256 e. The van der Waals surface area contributed by atoms with Gasteiger partial charge < -0.3 is 10.1 Å². The zero-order chi connectivity index (χ0) is 19.4. The van der Waals surface area contributed by atoms with Gasteiger partial charge in [-0.15, -0.1) is 11.8 Å². The van der Waals surface area contributed by atoms with Crippen LogP contribution >= 0.6 is 27.7 Å². The summed E-state index contributed by atoms with van der Waals surface area (Å²) in [5.41, 5.74) is 2.23. The van der Waals surface area contributed by atoms with Gasteiger partial charge in [-0.05, 0) is 53.7 Å². The van der Waals surface area contributed by atoms with Crippen LogP contribution in [0.3, 0.4) is 0 Å². The van der Waals surface area contributed by atoms with E-state index in [0.717, 1.165) is 21.6 Å². The van der Waals surface area contributed by atoms with E-state index >= 15 is 0 Å². The molecule has 5 nitrogen and oxygen atoms in total. The number of halogens is 1. The largest absolute Gasteiger partial charge is 0.496 e. The average molecular weight is 438 g/mol. The Labute approximate surface area is 167 Å². The van der Waals surface area contributed by atoms with Gasteiger partial charge in [0.25, 0.3) is 5.91 Å². The van der Waals surface area contributed by atoms with Crippen molar-refractivity contribution >= 4 is 33.6 Å². The molecule has 0 aliphatic heterocycles. The third kappa shape index (κ3) is 4.57. The van der Waals surface area contributed by atoms with Crippen LogP contribution in [0.15, 0.2) is 27.7 Å². The molecular formula is C19H24BrN3O2S. The molecule has 1 heterocycles. The molecule has 1 N–H and O–H groups in total. The zero-order valence-corrected chi connectivity index (χ0v) is 18.3. The molecule has 1 unspecified atom stereocenters. The first-order chi connectivity index (χ1) is 12.3. The highest BCUT2D eigenvalue weighted by Gasteiger charge is 2.21. The maximum atomic E-state index is 12.9. The van der Waals surface area contributed by atoms with Gasteiger partial charge in [0.15, 0.2) is 0 Å². The first kappa shape index (κ1) is 20.7. The number of hydrogen-bond acceptors (Lipinski definition) is 5. The highest BCUT2D eigenvalue weighted by atomic mass is 79.9. The van der Waals surface area contributed by atoms with Crippen molar-refractivity contribution in [1.29, 1.82) is 0 Å². The van der Waals surface area contributed by atoms with Crippen LogP contribution in [0.5, 0.6) is 5.75 Å². The SMILES string of the molecule is COc1ccc(C(C)NC(=O)c2c(C)nc(C(C)C)nc2SC)cc1Br. The van der Waals surface area contributed by atoms with Gasteiger partial charge in [-0.1, -0.05) is 19.9 Å². The van der Waals surface area contributed by atoms with E-state index in [2.05, 4.69) is 31.2 Å². The lowest BCUT2D eigenvalue weighted by molar-refractivity contribution is 0.0935. The number of rotatable bonds is 6. The quantitative estimate of drug-likeness (QED) is 0.514. The minimum Gasteiger partial charge on any atom is -0.496 e. The molecule has 26 heavy (non-hydrogen) atoms. The lowest BCUT2D eigenvalue weighted by Crippen LogP contribution is -2.28. The van der Waals surface area contributed by atoms with Crippen molar-refractivity contribution in [3.05, 3.63) is 45.3 Å². The first-order valence-electron chi connectivity index (χ1n) is 8.35. The van der Waals surface area contributed by atoms with Crippen molar-refractivity contribution in [3.63, 3.8) is 0 Å². The number of nitrogens with one attached hydrogen (secondary N) is 1. The van der Waals surface area contributed by atoms with Crippen molar-refractivity contribution in [2.24, 2.45) is 0 Å². The summed E-state index contributed by atoms with van der Waals surface area (Å²) in [6, 6.07) is 5.60. The Hall–Kier alpha value is -1.60. The molecule has 0 aliphatic rings. The predicted molar refractivity (Wildman–Crippen MR) is 109 cm³/mol. The summed E-state index contributed by atoms with van der Waals surface area (Å²) >= 11 is 4.95. The van der Waals surface area contributed by atoms with Crippen LogP contribution in [0.1, 0.15) is 60.2 Å². The molecule has 1 atom stereocenters. The van der Waals surface area contributed by atoms with Crippen molar-refractivity contribution in [3.8, 4) is 5.75 Å². The van der Waals surface area contributed by atoms with Crippen LogP contribution in [0.4, 0.5) is 0 Å². The molecule has 140 valence electrons. The Morgan fingerprint density at radius 3 is 2.50 bits per heavy atom. The number of methoxy groups -OCH3 is 1. The summed E-state index contributed by atoms with van der Waals surface area (Å²) in [6.07, 6.45) is 1.92. The number of aromatic nitrogens is 2. The highest BCUT2D eigenvalue weighted by molar-refractivity contribution is 9.10. The fourth-order valence-electron chi connectivity index (χ4n) is 2.54. The number of nitrogens with zero attached hydrogens (tertiary/aromatic N) is 2. The zero-order valence-electron chi connectivity index (χ0n) is 15.9. The topological polar surface area (TPSA) is 64.1 Å². The van der Waals surface area contributed by atoms with E-state index in [1.807, 2.05) is 52.1 Å². The molecule has 0 aliphatic carbocycles. The van der Waals surface area contributed by atoms with E-state index in [1.165, 1.54) is 11.8 Å². The van der Waals surface area contributed by atoms with Crippen molar-refractivity contribution < 1.29 is 9.53 Å². The molecule has 0 saturated carbocycles. The molecule has 7 heteroatoms. The van der Waals surface area contributed by atoms with Gasteiger partial charge in [-0.2, -0.15) is 0 Å². The standard InChI is InChI=1S/C19H24BrN3O2S/c1-10(2)17-21-12(4)16(19(23-17)26-6)18(24)22-11(3)13-7-8-15(25-5)14(20)9-13/h7-11H,1-6H3,(H,22,24). The molecular weight excluding hydrogens is 414 g/mol. The number of carbonyl (C=O) groups is 1. The molecule has 2 aromatic rings. The van der Waals surface area contributed by atoms with E-state index < -0.39 is 0 Å². The number of hydrogen-bond donors (Lipinski definition) is 1. The van der Waals surface area contributed by atoms with Crippen LogP contribution in [-0.4, -0.2) is 29.2 Å². The van der Waals surface area contributed by atoms with E-state index in [1.54, 1.807) is 7.11 Å². The molecule has 0 bridgehead atoms. The Morgan fingerprint density at radius 2 is 1.96 bits per heavy atom. The summed E-state index contributed by atoms with van der Waals surface area (Å²) in [4.78, 5) is 21.9. The lowest BCUT2D eigenvalue weighted by atomic mass is 10.1. The summed E-state index contributed by atoms with van der Waals surface area (Å²) in [7, 11) is 1.62. The van der Waals surface area contributed by atoms with E-state index in [0.29, 0.717) is 16.3 Å². The van der Waals surface area contributed by atoms with Gasteiger partial charge in [0.1, 0.15) is 16.6 Å². The predicted octanol–water partition coefficient (Wildman–Crippen LogP) is 4.89. The highest BCUT2D eigenvalue weighted by Crippen LogP contribution is 2.29. The Morgan fingerprint density at radius 1 is 1.27 bits per heavy atom. The summed E-state index contributed by atoms with van der Waals surface area (Å²) in [5, 5.41) is 3.76. The van der Waals surface area contributed by atoms with Crippen LogP contribution in [0.2, 0.25) is 0 Å². The molecule has 1 amide bonds. The van der Waals surface area contributed by atoms with E-state index in [9.17, 15) is 4.79 Å². The summed E-state index contributed by atoms with van der Waals surface area (Å²) < 4.78 is 6.10. The fraction of sp³-hybridized carbons (Fsp3) is 0.421. The number of thioether (sulfide) groups is 1. The van der Waals surface area contributed by atoms with Crippen LogP contribution in [0, 0.1) is 6.92 Å². The van der Waals surface area contributed by atoms with Crippen LogP contribution in [0.25, 0.3) is 0 Å². The molecule has 1 aromatic carbocycles. The normalized spacial score (nSPS) is 12.2. The van der Waals surface area contributed by atoms with E-state index in [4.69, 9.17) is 4.74 Å². The first-order valence-corrected chi connectivity index (χ1v) is 10.4. The second-order valence-corrected chi connectivity index (χ2v) is 7.94. The lowest BCUT2D eigenvalue weighted by Gasteiger charge is -2.18. The molecule has 0 fully saturated rings. The second kappa shape index (κ2) is 8.86. The minimum atomic E-state index is -0.165. The number of ether oxygens (including phenoxy) is 1. The maximum absolute atomic E-state index is 12.9. The molecule has 0 spiro atoms. The molecule has 2 rings (SSSR count). The van der Waals surface area contributed by atoms with E-state index in [-0.39, 0.29) is 17.9 Å². The molecule has 0 radical (unpaired) electrons. The Kier molecular flexibility index (Phi) is 7.06. The van der Waals surface area contributed by atoms with Gasteiger partial charge >= 0.3 is 0 Å². The Balaban J connectivity index is 2.28. The van der Waals surface area contributed by atoms with Crippen molar-refractivity contribution in [1.82, 2.24) is 15.3 Å². The molecule has 1 aromatic heterocycles. The van der Waals surface area contributed by atoms with Crippen LogP contribution in [-0.2, 0) is 0 Å². The summed E-state index contributed by atoms with van der Waals surface area (Å²) in [6.45, 7) is 7.89. The van der Waals surface area contributed by atoms with Gasteiger partial charge in [0.05, 0.1) is 28.9 Å².